The quantitative estimate of drug-likeness (QED) is 0.861. The van der Waals surface area contributed by atoms with E-state index in [9.17, 15) is 4.39 Å². The minimum atomic E-state index is -0.537. The smallest absolute Gasteiger partial charge is 0.145 e. The number of ether oxygens (including phenoxy) is 1. The van der Waals surface area contributed by atoms with E-state index in [2.05, 4.69) is 0 Å². The average Bonchev–Trinajstić information content (AvgIpc) is 2.36. The highest BCUT2D eigenvalue weighted by Gasteiger charge is 2.11. The molecule has 2 aromatic carbocycles. The lowest BCUT2D eigenvalue weighted by molar-refractivity contribution is 0.472. The molecule has 0 unspecified atom stereocenters. The van der Waals surface area contributed by atoms with Crippen LogP contribution in [0.1, 0.15) is 11.1 Å². The molecule has 19 heavy (non-hydrogen) atoms. The minimum absolute atomic E-state index is 0.0479. The maximum atomic E-state index is 13.4. The third kappa shape index (κ3) is 3.03. The largest absolute Gasteiger partial charge is 0.456 e. The predicted molar refractivity (Wildman–Crippen MR) is 78.6 cm³/mol. The normalized spacial score (nSPS) is 10.3. The van der Waals surface area contributed by atoms with Crippen molar-refractivity contribution in [2.75, 3.05) is 0 Å². The van der Waals surface area contributed by atoms with Gasteiger partial charge in [0.05, 0.1) is 10.6 Å². The maximum Gasteiger partial charge on any atom is 0.145 e. The molecule has 98 valence electrons. The summed E-state index contributed by atoms with van der Waals surface area (Å²) in [5.41, 5.74) is 7.13. The Morgan fingerprint density at radius 3 is 2.68 bits per heavy atom. The van der Waals surface area contributed by atoms with E-state index in [1.165, 1.54) is 12.1 Å². The third-order valence-electron chi connectivity index (χ3n) is 2.59. The molecule has 0 saturated carbocycles. The topological polar surface area (TPSA) is 35.2 Å². The lowest BCUT2D eigenvalue weighted by atomic mass is 10.1. The van der Waals surface area contributed by atoms with Crippen molar-refractivity contribution in [2.24, 2.45) is 5.73 Å². The molecule has 0 spiro atoms. The number of aryl methyl sites for hydroxylation is 1. The molecule has 0 aliphatic rings. The molecule has 0 aliphatic heterocycles. The SMILES string of the molecule is Cc1cccc(C(N)=S)c1Oc1ccc(Cl)c(F)c1. The molecule has 2 nitrogen and oxygen atoms in total. The molecule has 0 bridgehead atoms. The van der Waals surface area contributed by atoms with Gasteiger partial charge in [-0.1, -0.05) is 36.0 Å². The van der Waals surface area contributed by atoms with Crippen molar-refractivity contribution >= 4 is 28.8 Å². The van der Waals surface area contributed by atoms with Crippen LogP contribution in [-0.4, -0.2) is 4.99 Å². The van der Waals surface area contributed by atoms with Crippen LogP contribution in [-0.2, 0) is 0 Å². The second-order valence-corrected chi connectivity index (χ2v) is 4.84. The fourth-order valence-electron chi connectivity index (χ4n) is 1.64. The molecule has 0 fully saturated rings. The Labute approximate surface area is 120 Å². The zero-order valence-corrected chi connectivity index (χ0v) is 11.7. The first-order valence-electron chi connectivity index (χ1n) is 5.51. The second kappa shape index (κ2) is 5.55. The van der Waals surface area contributed by atoms with Crippen molar-refractivity contribution in [1.29, 1.82) is 0 Å². The van der Waals surface area contributed by atoms with Gasteiger partial charge in [0, 0.05) is 6.07 Å². The molecular weight excluding hydrogens is 285 g/mol. The Morgan fingerprint density at radius 1 is 1.32 bits per heavy atom. The Balaban J connectivity index is 2.42. The Morgan fingerprint density at radius 2 is 2.05 bits per heavy atom. The minimum Gasteiger partial charge on any atom is -0.456 e. The molecule has 0 aliphatic carbocycles. The first-order chi connectivity index (χ1) is 8.99. The van der Waals surface area contributed by atoms with Crippen LogP contribution >= 0.6 is 23.8 Å². The van der Waals surface area contributed by atoms with Gasteiger partial charge in [-0.3, -0.25) is 0 Å². The first kappa shape index (κ1) is 13.8. The van der Waals surface area contributed by atoms with E-state index in [0.29, 0.717) is 17.1 Å². The zero-order chi connectivity index (χ0) is 14.0. The van der Waals surface area contributed by atoms with E-state index in [1.807, 2.05) is 19.1 Å². The van der Waals surface area contributed by atoms with Gasteiger partial charge in [-0.2, -0.15) is 0 Å². The van der Waals surface area contributed by atoms with E-state index < -0.39 is 5.82 Å². The number of hydrogen-bond acceptors (Lipinski definition) is 2. The summed E-state index contributed by atoms with van der Waals surface area (Å²) in [6.45, 7) is 1.86. The van der Waals surface area contributed by atoms with E-state index in [0.717, 1.165) is 5.56 Å². The molecule has 0 aromatic heterocycles. The molecule has 0 radical (unpaired) electrons. The van der Waals surface area contributed by atoms with Gasteiger partial charge in [-0.05, 0) is 30.7 Å². The van der Waals surface area contributed by atoms with Crippen molar-refractivity contribution in [3.63, 3.8) is 0 Å². The summed E-state index contributed by atoms with van der Waals surface area (Å²) in [4.78, 5) is 0.230. The summed E-state index contributed by atoms with van der Waals surface area (Å²) >= 11 is 10.6. The van der Waals surface area contributed by atoms with Crippen LogP contribution < -0.4 is 10.5 Å². The molecule has 2 rings (SSSR count). The molecule has 2 aromatic rings. The first-order valence-corrected chi connectivity index (χ1v) is 6.30. The highest BCUT2D eigenvalue weighted by Crippen LogP contribution is 2.30. The number of rotatable bonds is 3. The van der Waals surface area contributed by atoms with Gasteiger partial charge in [0.2, 0.25) is 0 Å². The number of nitrogens with two attached hydrogens (primary N) is 1. The number of para-hydroxylation sites is 1. The highest BCUT2D eigenvalue weighted by atomic mass is 35.5. The third-order valence-corrected chi connectivity index (χ3v) is 3.11. The molecule has 0 atom stereocenters. The molecule has 5 heteroatoms. The van der Waals surface area contributed by atoms with Gasteiger partial charge in [0.1, 0.15) is 22.3 Å². The molecule has 0 saturated heterocycles. The number of hydrogen-bond donors (Lipinski definition) is 1. The van der Waals surface area contributed by atoms with Crippen molar-refractivity contribution in [3.8, 4) is 11.5 Å². The highest BCUT2D eigenvalue weighted by molar-refractivity contribution is 7.80. The van der Waals surface area contributed by atoms with Gasteiger partial charge in [0.25, 0.3) is 0 Å². The summed E-state index contributed by atoms with van der Waals surface area (Å²) in [5.74, 6) is 0.329. The van der Waals surface area contributed by atoms with Crippen molar-refractivity contribution in [1.82, 2.24) is 0 Å². The summed E-state index contributed by atoms with van der Waals surface area (Å²) < 4.78 is 19.1. The average molecular weight is 296 g/mol. The molecule has 2 N–H and O–H groups in total. The van der Waals surface area contributed by atoms with Gasteiger partial charge in [-0.25, -0.2) is 4.39 Å². The Kier molecular flexibility index (Phi) is 4.02. The van der Waals surface area contributed by atoms with Gasteiger partial charge in [-0.15, -0.1) is 0 Å². The van der Waals surface area contributed by atoms with Crippen LogP contribution in [0.25, 0.3) is 0 Å². The maximum absolute atomic E-state index is 13.4. The number of benzene rings is 2. The van der Waals surface area contributed by atoms with Gasteiger partial charge >= 0.3 is 0 Å². The van der Waals surface area contributed by atoms with Gasteiger partial charge < -0.3 is 10.5 Å². The lowest BCUT2D eigenvalue weighted by Gasteiger charge is -2.13. The second-order valence-electron chi connectivity index (χ2n) is 3.99. The van der Waals surface area contributed by atoms with Crippen molar-refractivity contribution in [3.05, 3.63) is 58.4 Å². The fourth-order valence-corrected chi connectivity index (χ4v) is 1.92. The number of halogens is 2. The van der Waals surface area contributed by atoms with E-state index in [4.69, 9.17) is 34.3 Å². The lowest BCUT2D eigenvalue weighted by Crippen LogP contribution is -2.11. The van der Waals surface area contributed by atoms with Crippen molar-refractivity contribution in [2.45, 2.75) is 6.92 Å². The molecule has 0 heterocycles. The van der Waals surface area contributed by atoms with Crippen molar-refractivity contribution < 1.29 is 9.13 Å². The monoisotopic (exact) mass is 295 g/mol. The van der Waals surface area contributed by atoms with Crippen LogP contribution in [0.4, 0.5) is 4.39 Å². The Bertz CT molecular complexity index is 645. The zero-order valence-electron chi connectivity index (χ0n) is 10.1. The Hall–Kier alpha value is -1.65. The fraction of sp³-hybridized carbons (Fsp3) is 0.0714. The molecular formula is C14H11ClFNOS. The summed E-state index contributed by atoms with van der Waals surface area (Å²) in [6, 6.07) is 9.70. The van der Waals surface area contributed by atoms with Crippen LogP contribution in [0.5, 0.6) is 11.5 Å². The van der Waals surface area contributed by atoms with Crippen LogP contribution in [0.2, 0.25) is 5.02 Å². The van der Waals surface area contributed by atoms with Crippen LogP contribution in [0, 0.1) is 12.7 Å². The number of thiocarbonyl (C=S) groups is 1. The van der Waals surface area contributed by atoms with E-state index >= 15 is 0 Å². The standard InChI is InChI=1S/C14H11ClFNOS/c1-8-3-2-4-10(14(17)19)13(8)18-9-5-6-11(15)12(16)7-9/h2-7H,1H3,(H2,17,19). The summed E-state index contributed by atoms with van der Waals surface area (Å²) in [7, 11) is 0. The predicted octanol–water partition coefficient (Wildman–Crippen LogP) is 4.21. The van der Waals surface area contributed by atoms with Gasteiger partial charge in [0.15, 0.2) is 0 Å². The van der Waals surface area contributed by atoms with E-state index in [-0.39, 0.29) is 10.0 Å². The van der Waals surface area contributed by atoms with Crippen LogP contribution in [0.3, 0.4) is 0 Å². The summed E-state index contributed by atoms with van der Waals surface area (Å²) in [6.07, 6.45) is 0. The molecule has 0 amide bonds. The van der Waals surface area contributed by atoms with Crippen LogP contribution in [0.15, 0.2) is 36.4 Å². The van der Waals surface area contributed by atoms with E-state index in [1.54, 1.807) is 12.1 Å². The summed E-state index contributed by atoms with van der Waals surface area (Å²) in [5, 5.41) is 0.0479.